The molecule has 0 aliphatic rings. The van der Waals surface area contributed by atoms with Crippen molar-refractivity contribution in [1.82, 2.24) is 4.31 Å². The molecule has 0 amide bonds. The average Bonchev–Trinajstić information content (AvgIpc) is 2.47. The highest BCUT2D eigenvalue weighted by atomic mass is 32.2. The van der Waals surface area contributed by atoms with E-state index in [1.807, 2.05) is 13.8 Å². The maximum Gasteiger partial charge on any atom is 0.242 e. The van der Waals surface area contributed by atoms with Gasteiger partial charge in [-0.3, -0.25) is 0 Å². The van der Waals surface area contributed by atoms with Crippen LogP contribution >= 0.6 is 0 Å². The Morgan fingerprint density at radius 2 is 2.10 bits per heavy atom. The van der Waals surface area contributed by atoms with E-state index in [1.54, 1.807) is 31.3 Å². The summed E-state index contributed by atoms with van der Waals surface area (Å²) >= 11 is 0. The van der Waals surface area contributed by atoms with Crippen LogP contribution in [0.5, 0.6) is 0 Å². The van der Waals surface area contributed by atoms with Crippen molar-refractivity contribution in [2.75, 3.05) is 20.2 Å². The lowest BCUT2D eigenvalue weighted by atomic mass is 10.1. The van der Waals surface area contributed by atoms with Crippen molar-refractivity contribution >= 4 is 10.0 Å². The summed E-state index contributed by atoms with van der Waals surface area (Å²) in [4.78, 5) is 0.254. The van der Waals surface area contributed by atoms with Crippen LogP contribution in [0.4, 0.5) is 0 Å². The Morgan fingerprint density at radius 1 is 1.38 bits per heavy atom. The lowest BCUT2D eigenvalue weighted by Gasteiger charge is -2.20. The summed E-state index contributed by atoms with van der Waals surface area (Å²) in [6.45, 7) is 4.58. The minimum atomic E-state index is -3.48. The number of sulfonamides is 1. The van der Waals surface area contributed by atoms with Crippen molar-refractivity contribution in [3.05, 3.63) is 29.8 Å². The maximum absolute atomic E-state index is 12.5. The minimum absolute atomic E-state index is 0.00261. The highest BCUT2D eigenvalue weighted by molar-refractivity contribution is 7.89. The molecular formula is C16H23NO3S. The molecule has 1 N–H and O–H groups in total. The van der Waals surface area contributed by atoms with Crippen molar-refractivity contribution in [3.63, 3.8) is 0 Å². The van der Waals surface area contributed by atoms with E-state index in [1.165, 1.54) is 4.31 Å². The zero-order valence-corrected chi connectivity index (χ0v) is 13.7. The monoisotopic (exact) mass is 309 g/mol. The number of hydrogen-bond donors (Lipinski definition) is 1. The van der Waals surface area contributed by atoms with Gasteiger partial charge in [0.2, 0.25) is 10.0 Å². The third-order valence-corrected chi connectivity index (χ3v) is 5.10. The summed E-state index contributed by atoms with van der Waals surface area (Å²) in [5.74, 6) is 5.97. The number of hydrogen-bond acceptors (Lipinski definition) is 3. The number of rotatable bonds is 6. The van der Waals surface area contributed by atoms with Crippen molar-refractivity contribution in [3.8, 4) is 11.8 Å². The first-order valence-corrected chi connectivity index (χ1v) is 8.52. The summed E-state index contributed by atoms with van der Waals surface area (Å²) in [6.07, 6.45) is 1.32. The number of aliphatic hydroxyl groups is 1. The normalized spacial score (nSPS) is 12.8. The van der Waals surface area contributed by atoms with Gasteiger partial charge in [-0.05, 0) is 24.1 Å². The second-order valence-electron chi connectivity index (χ2n) is 5.10. The molecular weight excluding hydrogens is 286 g/mol. The fourth-order valence-electron chi connectivity index (χ4n) is 1.80. The van der Waals surface area contributed by atoms with Crippen LogP contribution < -0.4 is 0 Å². The fraction of sp³-hybridized carbons (Fsp3) is 0.500. The van der Waals surface area contributed by atoms with E-state index in [-0.39, 0.29) is 11.5 Å². The van der Waals surface area contributed by atoms with Crippen LogP contribution in [0.25, 0.3) is 0 Å². The van der Waals surface area contributed by atoms with Crippen LogP contribution in [0, 0.1) is 17.8 Å². The molecule has 4 nitrogen and oxygen atoms in total. The Labute approximate surface area is 127 Å². The second kappa shape index (κ2) is 8.18. The third kappa shape index (κ3) is 5.16. The van der Waals surface area contributed by atoms with Crippen molar-refractivity contribution in [1.29, 1.82) is 0 Å². The molecule has 0 aromatic heterocycles. The largest absolute Gasteiger partial charge is 0.395 e. The van der Waals surface area contributed by atoms with E-state index >= 15 is 0 Å². The lowest BCUT2D eigenvalue weighted by molar-refractivity contribution is 0.305. The van der Waals surface area contributed by atoms with Gasteiger partial charge in [0.25, 0.3) is 0 Å². The topological polar surface area (TPSA) is 57.6 Å². The van der Waals surface area contributed by atoms with E-state index in [2.05, 4.69) is 11.8 Å². The molecule has 0 aliphatic heterocycles. The van der Waals surface area contributed by atoms with Gasteiger partial charge in [-0.25, -0.2) is 12.7 Å². The summed E-state index contributed by atoms with van der Waals surface area (Å²) in [6, 6.07) is 6.61. The lowest BCUT2D eigenvalue weighted by Crippen LogP contribution is -2.31. The first-order chi connectivity index (χ1) is 9.91. The summed E-state index contributed by atoms with van der Waals surface area (Å²) in [7, 11) is -1.88. The summed E-state index contributed by atoms with van der Waals surface area (Å²) in [5, 5.41) is 8.70. The molecule has 0 aliphatic carbocycles. The molecule has 1 rings (SSSR count). The maximum atomic E-state index is 12.5. The molecule has 0 saturated carbocycles. The van der Waals surface area contributed by atoms with Gasteiger partial charge in [0.1, 0.15) is 0 Å². The van der Waals surface area contributed by atoms with Crippen LogP contribution in [-0.2, 0) is 10.0 Å². The van der Waals surface area contributed by atoms with Crippen molar-refractivity contribution in [2.24, 2.45) is 5.92 Å². The molecule has 0 radical (unpaired) electrons. The standard InChI is InChI=1S/C16H23NO3S/c1-4-14(2)13-17(3)21(19,20)16-10-7-9-15(12-16)8-5-6-11-18/h7,9-10,12,14,18H,4,6,11,13H2,1-3H3. The van der Waals surface area contributed by atoms with Gasteiger partial charge in [0.05, 0.1) is 11.5 Å². The Balaban J connectivity index is 2.99. The van der Waals surface area contributed by atoms with E-state index in [9.17, 15) is 8.42 Å². The molecule has 0 fully saturated rings. The molecule has 21 heavy (non-hydrogen) atoms. The minimum Gasteiger partial charge on any atom is -0.395 e. The molecule has 0 bridgehead atoms. The Hall–Kier alpha value is -1.35. The van der Waals surface area contributed by atoms with E-state index in [0.717, 1.165) is 6.42 Å². The van der Waals surface area contributed by atoms with Crippen LogP contribution in [0.15, 0.2) is 29.2 Å². The van der Waals surface area contributed by atoms with E-state index in [4.69, 9.17) is 5.11 Å². The first kappa shape index (κ1) is 17.7. The fourth-order valence-corrected chi connectivity index (χ4v) is 3.14. The molecule has 1 aromatic rings. The summed E-state index contributed by atoms with van der Waals surface area (Å²) < 4.78 is 26.4. The third-order valence-electron chi connectivity index (χ3n) is 3.28. The van der Waals surface area contributed by atoms with Gasteiger partial charge in [0.15, 0.2) is 0 Å². The number of nitrogens with zero attached hydrogens (tertiary/aromatic N) is 1. The molecule has 1 aromatic carbocycles. The predicted octanol–water partition coefficient (Wildman–Crippen LogP) is 2.09. The number of aliphatic hydroxyl groups excluding tert-OH is 1. The zero-order chi connectivity index (χ0) is 15.9. The van der Waals surface area contributed by atoms with Gasteiger partial charge < -0.3 is 5.11 Å². The Morgan fingerprint density at radius 3 is 2.71 bits per heavy atom. The molecule has 0 spiro atoms. The van der Waals surface area contributed by atoms with Crippen LogP contribution in [0.3, 0.4) is 0 Å². The molecule has 116 valence electrons. The highest BCUT2D eigenvalue weighted by Crippen LogP contribution is 2.17. The predicted molar refractivity (Wildman–Crippen MR) is 84.3 cm³/mol. The van der Waals surface area contributed by atoms with E-state index in [0.29, 0.717) is 24.4 Å². The van der Waals surface area contributed by atoms with Crippen molar-refractivity contribution in [2.45, 2.75) is 31.6 Å². The zero-order valence-electron chi connectivity index (χ0n) is 12.8. The SMILES string of the molecule is CCC(C)CN(C)S(=O)(=O)c1cccc(C#CCCO)c1. The van der Waals surface area contributed by atoms with Crippen LogP contribution in [-0.4, -0.2) is 38.0 Å². The average molecular weight is 309 g/mol. The Kier molecular flexibility index (Phi) is 6.90. The number of benzene rings is 1. The Bertz CT molecular complexity index is 614. The molecule has 0 saturated heterocycles. The first-order valence-electron chi connectivity index (χ1n) is 7.08. The van der Waals surface area contributed by atoms with Gasteiger partial charge in [0, 0.05) is 25.6 Å². The highest BCUT2D eigenvalue weighted by Gasteiger charge is 2.21. The van der Waals surface area contributed by atoms with E-state index < -0.39 is 10.0 Å². The molecule has 1 unspecified atom stereocenters. The quantitative estimate of drug-likeness (QED) is 0.819. The molecule has 1 atom stereocenters. The molecule has 5 heteroatoms. The van der Waals surface area contributed by atoms with Gasteiger partial charge in [-0.1, -0.05) is 38.2 Å². The molecule has 0 heterocycles. The summed E-state index contributed by atoms with van der Waals surface area (Å²) in [5.41, 5.74) is 0.640. The van der Waals surface area contributed by atoms with Crippen LogP contribution in [0.2, 0.25) is 0 Å². The van der Waals surface area contributed by atoms with Gasteiger partial charge in [-0.2, -0.15) is 0 Å². The second-order valence-corrected chi connectivity index (χ2v) is 7.15. The van der Waals surface area contributed by atoms with Crippen molar-refractivity contribution < 1.29 is 13.5 Å². The smallest absolute Gasteiger partial charge is 0.242 e. The van der Waals surface area contributed by atoms with Gasteiger partial charge >= 0.3 is 0 Å². The van der Waals surface area contributed by atoms with Gasteiger partial charge in [-0.15, -0.1) is 0 Å². The van der Waals surface area contributed by atoms with Crippen LogP contribution in [0.1, 0.15) is 32.3 Å².